The number of ether oxygens (including phenoxy) is 1. The maximum Gasteiger partial charge on any atom is 0.408 e. The van der Waals surface area contributed by atoms with E-state index in [1.807, 2.05) is 20.8 Å². The van der Waals surface area contributed by atoms with Crippen molar-refractivity contribution < 1.29 is 13.9 Å². The molecule has 2 rings (SSSR count). The molecule has 1 aliphatic carbocycles. The molecular formula is C12H21FN2O2. The van der Waals surface area contributed by atoms with E-state index in [4.69, 9.17) is 4.74 Å². The van der Waals surface area contributed by atoms with Crippen LogP contribution in [0.2, 0.25) is 0 Å². The number of hydrogen-bond acceptors (Lipinski definition) is 3. The van der Waals surface area contributed by atoms with E-state index in [0.29, 0.717) is 25.9 Å². The van der Waals surface area contributed by atoms with E-state index in [1.54, 1.807) is 0 Å². The normalized spacial score (nSPS) is 36.7. The number of rotatable bonds is 1. The van der Waals surface area contributed by atoms with Crippen molar-refractivity contribution in [3.63, 3.8) is 0 Å². The molecule has 1 saturated carbocycles. The molecule has 4 nitrogen and oxygen atoms in total. The van der Waals surface area contributed by atoms with E-state index >= 15 is 0 Å². The van der Waals surface area contributed by atoms with Gasteiger partial charge in [-0.15, -0.1) is 0 Å². The number of carbonyl (C=O) groups excluding carboxylic acids is 1. The molecule has 17 heavy (non-hydrogen) atoms. The molecule has 0 radical (unpaired) electrons. The van der Waals surface area contributed by atoms with Crippen molar-refractivity contribution in [3.8, 4) is 0 Å². The Morgan fingerprint density at radius 3 is 2.88 bits per heavy atom. The van der Waals surface area contributed by atoms with Crippen molar-refractivity contribution in [3.05, 3.63) is 0 Å². The number of carbonyl (C=O) groups is 1. The second-order valence-corrected chi connectivity index (χ2v) is 6.08. The Labute approximate surface area is 101 Å². The van der Waals surface area contributed by atoms with Gasteiger partial charge in [-0.05, 0) is 33.6 Å². The zero-order valence-corrected chi connectivity index (χ0v) is 10.7. The fourth-order valence-corrected chi connectivity index (χ4v) is 2.83. The van der Waals surface area contributed by atoms with E-state index in [9.17, 15) is 9.18 Å². The van der Waals surface area contributed by atoms with Gasteiger partial charge in [0, 0.05) is 19.0 Å². The van der Waals surface area contributed by atoms with Crippen LogP contribution in [0.1, 0.15) is 33.6 Å². The molecule has 1 aliphatic heterocycles. The summed E-state index contributed by atoms with van der Waals surface area (Å²) >= 11 is 0. The van der Waals surface area contributed by atoms with Gasteiger partial charge in [0.15, 0.2) is 0 Å². The molecule has 0 aromatic carbocycles. The predicted octanol–water partition coefficient (Wildman–Crippen LogP) is 1.60. The van der Waals surface area contributed by atoms with Gasteiger partial charge in [-0.1, -0.05) is 0 Å². The minimum Gasteiger partial charge on any atom is -0.444 e. The Morgan fingerprint density at radius 2 is 2.24 bits per heavy atom. The highest BCUT2D eigenvalue weighted by atomic mass is 19.1. The SMILES string of the molecule is CC(C)(C)OC(=O)N[C@@]12CCC(F)C1CNC2. The van der Waals surface area contributed by atoms with Crippen LogP contribution in [0.15, 0.2) is 0 Å². The van der Waals surface area contributed by atoms with Crippen molar-refractivity contribution in [1.29, 1.82) is 0 Å². The molecule has 0 spiro atoms. The zero-order chi connectivity index (χ0) is 12.7. The summed E-state index contributed by atoms with van der Waals surface area (Å²) in [5.41, 5.74) is -0.961. The first-order valence-corrected chi connectivity index (χ1v) is 6.18. The number of halogens is 1. The Bertz CT molecular complexity index is 316. The first-order valence-electron chi connectivity index (χ1n) is 6.18. The van der Waals surface area contributed by atoms with Gasteiger partial charge in [-0.2, -0.15) is 0 Å². The van der Waals surface area contributed by atoms with Gasteiger partial charge in [-0.3, -0.25) is 0 Å². The van der Waals surface area contributed by atoms with Crippen LogP contribution in [0.25, 0.3) is 0 Å². The van der Waals surface area contributed by atoms with Crippen LogP contribution in [0.4, 0.5) is 9.18 Å². The van der Waals surface area contributed by atoms with Crippen LogP contribution in [-0.4, -0.2) is 36.5 Å². The smallest absolute Gasteiger partial charge is 0.408 e. The van der Waals surface area contributed by atoms with Crippen molar-refractivity contribution in [1.82, 2.24) is 10.6 Å². The van der Waals surface area contributed by atoms with Crippen molar-refractivity contribution >= 4 is 6.09 Å². The van der Waals surface area contributed by atoms with Crippen molar-refractivity contribution in [2.75, 3.05) is 13.1 Å². The van der Waals surface area contributed by atoms with Crippen LogP contribution < -0.4 is 10.6 Å². The van der Waals surface area contributed by atoms with Crippen molar-refractivity contribution in [2.24, 2.45) is 5.92 Å². The predicted molar refractivity (Wildman–Crippen MR) is 62.6 cm³/mol. The Morgan fingerprint density at radius 1 is 1.53 bits per heavy atom. The zero-order valence-electron chi connectivity index (χ0n) is 10.7. The largest absolute Gasteiger partial charge is 0.444 e. The number of amides is 1. The van der Waals surface area contributed by atoms with Gasteiger partial charge in [0.25, 0.3) is 0 Å². The second-order valence-electron chi connectivity index (χ2n) is 6.08. The molecule has 1 amide bonds. The molecular weight excluding hydrogens is 223 g/mol. The van der Waals surface area contributed by atoms with Gasteiger partial charge in [-0.25, -0.2) is 9.18 Å². The lowest BCUT2D eigenvalue weighted by Crippen LogP contribution is -2.53. The average molecular weight is 244 g/mol. The monoisotopic (exact) mass is 244 g/mol. The fourth-order valence-electron chi connectivity index (χ4n) is 2.83. The molecule has 2 N–H and O–H groups in total. The van der Waals surface area contributed by atoms with Gasteiger partial charge >= 0.3 is 6.09 Å². The summed E-state index contributed by atoms with van der Waals surface area (Å²) in [6, 6.07) is 0. The fraction of sp³-hybridized carbons (Fsp3) is 0.917. The summed E-state index contributed by atoms with van der Waals surface area (Å²) in [6.07, 6.45) is -0.0482. The van der Waals surface area contributed by atoms with Crippen LogP contribution in [0.3, 0.4) is 0 Å². The minimum absolute atomic E-state index is 0.116. The minimum atomic E-state index is -0.820. The number of alkyl carbamates (subject to hydrolysis) is 1. The third-order valence-corrected chi connectivity index (χ3v) is 3.57. The van der Waals surface area contributed by atoms with Gasteiger partial charge < -0.3 is 15.4 Å². The highest BCUT2D eigenvalue weighted by molar-refractivity contribution is 5.69. The van der Waals surface area contributed by atoms with Crippen LogP contribution in [-0.2, 0) is 4.74 Å². The molecule has 1 heterocycles. The number of hydrogen-bond donors (Lipinski definition) is 2. The summed E-state index contributed by atoms with van der Waals surface area (Å²) in [6.45, 7) is 6.73. The van der Waals surface area contributed by atoms with E-state index in [-0.39, 0.29) is 5.92 Å². The Kier molecular flexibility index (Phi) is 3.06. The molecule has 1 saturated heterocycles. The third kappa shape index (κ3) is 2.54. The highest BCUT2D eigenvalue weighted by Crippen LogP contribution is 2.40. The maximum atomic E-state index is 13.7. The van der Waals surface area contributed by atoms with Gasteiger partial charge in [0.05, 0.1) is 5.54 Å². The molecule has 2 fully saturated rings. The molecule has 2 aliphatic rings. The number of nitrogens with one attached hydrogen (secondary N) is 2. The molecule has 3 atom stereocenters. The number of fused-ring (bicyclic) bond motifs is 1. The molecule has 0 bridgehead atoms. The number of alkyl halides is 1. The van der Waals surface area contributed by atoms with Gasteiger partial charge in [0.2, 0.25) is 0 Å². The second kappa shape index (κ2) is 4.12. The molecule has 5 heteroatoms. The molecule has 98 valence electrons. The van der Waals surface area contributed by atoms with Crippen LogP contribution >= 0.6 is 0 Å². The summed E-state index contributed by atoms with van der Waals surface area (Å²) < 4.78 is 18.9. The first-order chi connectivity index (χ1) is 7.82. The quantitative estimate of drug-likeness (QED) is 0.736. The topological polar surface area (TPSA) is 50.4 Å². The summed E-state index contributed by atoms with van der Waals surface area (Å²) in [5.74, 6) is -0.116. The molecule has 2 unspecified atom stereocenters. The van der Waals surface area contributed by atoms with E-state index in [1.165, 1.54) is 0 Å². The van der Waals surface area contributed by atoms with E-state index < -0.39 is 23.4 Å². The first kappa shape index (κ1) is 12.6. The van der Waals surface area contributed by atoms with Gasteiger partial charge in [0.1, 0.15) is 11.8 Å². The van der Waals surface area contributed by atoms with Crippen molar-refractivity contribution in [2.45, 2.75) is 50.9 Å². The highest BCUT2D eigenvalue weighted by Gasteiger charge is 2.53. The maximum absolute atomic E-state index is 13.7. The third-order valence-electron chi connectivity index (χ3n) is 3.57. The summed E-state index contributed by atoms with van der Waals surface area (Å²) in [5, 5.41) is 6.03. The summed E-state index contributed by atoms with van der Waals surface area (Å²) in [7, 11) is 0. The summed E-state index contributed by atoms with van der Waals surface area (Å²) in [4.78, 5) is 11.8. The Balaban J connectivity index is 2.00. The molecule has 0 aromatic rings. The lowest BCUT2D eigenvalue weighted by molar-refractivity contribution is 0.0441. The van der Waals surface area contributed by atoms with Crippen LogP contribution in [0.5, 0.6) is 0 Å². The molecule has 0 aromatic heterocycles. The lowest BCUT2D eigenvalue weighted by Gasteiger charge is -2.31. The standard InChI is InChI=1S/C12H21FN2O2/c1-11(2,3)17-10(16)15-12-5-4-9(13)8(12)6-14-7-12/h8-9,14H,4-7H2,1-3H3,(H,15,16)/t8?,9?,12-/m1/s1. The van der Waals surface area contributed by atoms with Crippen LogP contribution in [0, 0.1) is 5.92 Å². The lowest BCUT2D eigenvalue weighted by atomic mass is 9.90. The van der Waals surface area contributed by atoms with E-state index in [2.05, 4.69) is 10.6 Å². The average Bonchev–Trinajstić information content (AvgIpc) is 2.65. The van der Waals surface area contributed by atoms with E-state index in [0.717, 1.165) is 0 Å². The Hall–Kier alpha value is -0.840.